The van der Waals surface area contributed by atoms with E-state index in [0.29, 0.717) is 0 Å². The number of hydrogen-bond donors (Lipinski definition) is 3. The number of anilines is 2. The van der Waals surface area contributed by atoms with Crippen LogP contribution >= 0.6 is 15.9 Å². The molecule has 0 unspecified atom stereocenters. The molecule has 0 aliphatic heterocycles. The zero-order chi connectivity index (χ0) is 13.9. The van der Waals surface area contributed by atoms with E-state index in [1.165, 1.54) is 0 Å². The summed E-state index contributed by atoms with van der Waals surface area (Å²) in [7, 11) is 0. The molecule has 0 saturated heterocycles. The highest BCUT2D eigenvalue weighted by atomic mass is 79.9. The lowest BCUT2D eigenvalue weighted by atomic mass is 10.2. The van der Waals surface area contributed by atoms with Crippen molar-refractivity contribution in [2.75, 3.05) is 10.6 Å². The van der Waals surface area contributed by atoms with E-state index in [2.05, 4.69) is 31.5 Å². The van der Waals surface area contributed by atoms with Crippen molar-refractivity contribution in [1.29, 1.82) is 0 Å². The van der Waals surface area contributed by atoms with Crippen molar-refractivity contribution in [3.63, 3.8) is 0 Å². The van der Waals surface area contributed by atoms with Crippen LogP contribution in [0.4, 0.5) is 16.2 Å². The van der Waals surface area contributed by atoms with Gasteiger partial charge in [0.1, 0.15) is 0 Å². The molecule has 0 radical (unpaired) electrons. The number of carbonyl (C=O) groups is 1. The maximum absolute atomic E-state index is 11.9. The number of hydrogen-bond acceptors (Lipinski definition) is 1. The number of urea groups is 1. The van der Waals surface area contributed by atoms with Gasteiger partial charge in [-0.2, -0.15) is 0 Å². The van der Waals surface area contributed by atoms with E-state index >= 15 is 0 Å². The lowest BCUT2D eigenvalue weighted by molar-refractivity contribution is 0.262. The summed E-state index contributed by atoms with van der Waals surface area (Å²) in [5.74, 6) is 0. The van der Waals surface area contributed by atoms with E-state index in [1.807, 2.05) is 54.7 Å². The van der Waals surface area contributed by atoms with E-state index < -0.39 is 0 Å². The van der Waals surface area contributed by atoms with Crippen LogP contribution in [0.25, 0.3) is 10.9 Å². The molecule has 0 atom stereocenters. The molecule has 5 heteroatoms. The van der Waals surface area contributed by atoms with Gasteiger partial charge in [-0.15, -0.1) is 0 Å². The van der Waals surface area contributed by atoms with Crippen molar-refractivity contribution in [3.05, 3.63) is 59.2 Å². The third-order valence-electron chi connectivity index (χ3n) is 2.91. The minimum Gasteiger partial charge on any atom is -0.361 e. The summed E-state index contributed by atoms with van der Waals surface area (Å²) in [6.45, 7) is 0. The first-order valence-electron chi connectivity index (χ1n) is 6.11. The Labute approximate surface area is 124 Å². The predicted molar refractivity (Wildman–Crippen MR) is 85.1 cm³/mol. The monoisotopic (exact) mass is 329 g/mol. The maximum atomic E-state index is 11.9. The molecule has 0 fully saturated rings. The van der Waals surface area contributed by atoms with Gasteiger partial charge in [0.2, 0.25) is 0 Å². The fourth-order valence-electron chi connectivity index (χ4n) is 1.95. The standard InChI is InChI=1S/C15H12BrN3O/c16-11-2-5-12(6-3-11)18-15(20)19-13-4-1-10-7-8-17-14(10)9-13/h1-9,17H,(H2,18,19,20). The van der Waals surface area contributed by atoms with Gasteiger partial charge in [0.25, 0.3) is 0 Å². The predicted octanol–water partition coefficient (Wildman–Crippen LogP) is 4.57. The Morgan fingerprint density at radius 2 is 1.65 bits per heavy atom. The normalized spacial score (nSPS) is 10.4. The Morgan fingerprint density at radius 3 is 2.45 bits per heavy atom. The second-order valence-electron chi connectivity index (χ2n) is 4.37. The molecular formula is C15H12BrN3O. The Kier molecular flexibility index (Phi) is 3.43. The summed E-state index contributed by atoms with van der Waals surface area (Å²) in [5.41, 5.74) is 2.48. The average molecular weight is 330 g/mol. The molecule has 3 aromatic rings. The van der Waals surface area contributed by atoms with Crippen molar-refractivity contribution in [3.8, 4) is 0 Å². The summed E-state index contributed by atoms with van der Waals surface area (Å²) < 4.78 is 0.973. The second-order valence-corrected chi connectivity index (χ2v) is 5.28. The van der Waals surface area contributed by atoms with Crippen LogP contribution in [-0.2, 0) is 0 Å². The number of carbonyl (C=O) groups excluding carboxylic acids is 1. The Morgan fingerprint density at radius 1 is 0.950 bits per heavy atom. The maximum Gasteiger partial charge on any atom is 0.323 e. The van der Waals surface area contributed by atoms with Gasteiger partial charge in [0.15, 0.2) is 0 Å². The second kappa shape index (κ2) is 5.38. The summed E-state index contributed by atoms with van der Waals surface area (Å²) in [5, 5.41) is 6.70. The molecule has 0 spiro atoms. The molecule has 20 heavy (non-hydrogen) atoms. The van der Waals surface area contributed by atoms with Gasteiger partial charge in [-0.3, -0.25) is 0 Å². The highest BCUT2D eigenvalue weighted by Crippen LogP contribution is 2.18. The number of halogens is 1. The Bertz CT molecular complexity index is 749. The quantitative estimate of drug-likeness (QED) is 0.633. The Hall–Kier alpha value is -2.27. The van der Waals surface area contributed by atoms with Gasteiger partial charge in [0.05, 0.1) is 0 Å². The van der Waals surface area contributed by atoms with Gasteiger partial charge in [-0.1, -0.05) is 22.0 Å². The van der Waals surface area contributed by atoms with E-state index in [0.717, 1.165) is 26.8 Å². The number of amides is 2. The van der Waals surface area contributed by atoms with Gasteiger partial charge in [0, 0.05) is 27.6 Å². The van der Waals surface area contributed by atoms with E-state index in [4.69, 9.17) is 0 Å². The number of aromatic amines is 1. The average Bonchev–Trinajstić information content (AvgIpc) is 2.89. The zero-order valence-corrected chi connectivity index (χ0v) is 12.1. The number of fused-ring (bicyclic) bond motifs is 1. The third-order valence-corrected chi connectivity index (χ3v) is 3.44. The van der Waals surface area contributed by atoms with E-state index in [9.17, 15) is 4.79 Å². The van der Waals surface area contributed by atoms with Gasteiger partial charge >= 0.3 is 6.03 Å². The van der Waals surface area contributed by atoms with Crippen LogP contribution in [-0.4, -0.2) is 11.0 Å². The number of nitrogens with one attached hydrogen (secondary N) is 3. The lowest BCUT2D eigenvalue weighted by Gasteiger charge is -2.07. The first-order valence-corrected chi connectivity index (χ1v) is 6.91. The fourth-order valence-corrected chi connectivity index (χ4v) is 2.22. The minimum absolute atomic E-state index is 0.266. The van der Waals surface area contributed by atoms with E-state index in [-0.39, 0.29) is 6.03 Å². The molecule has 1 aromatic heterocycles. The highest BCUT2D eigenvalue weighted by Gasteiger charge is 2.03. The van der Waals surface area contributed by atoms with Crippen LogP contribution in [0.15, 0.2) is 59.2 Å². The van der Waals surface area contributed by atoms with E-state index in [1.54, 1.807) is 0 Å². The summed E-state index contributed by atoms with van der Waals surface area (Å²) in [4.78, 5) is 15.0. The molecule has 2 amide bonds. The van der Waals surface area contributed by atoms with Gasteiger partial charge in [-0.05, 0) is 47.9 Å². The van der Waals surface area contributed by atoms with Crippen molar-refractivity contribution in [2.24, 2.45) is 0 Å². The molecule has 3 rings (SSSR count). The topological polar surface area (TPSA) is 56.9 Å². The summed E-state index contributed by atoms with van der Waals surface area (Å²) >= 11 is 3.35. The molecule has 2 aromatic carbocycles. The number of benzene rings is 2. The molecule has 1 heterocycles. The third kappa shape index (κ3) is 2.83. The van der Waals surface area contributed by atoms with Crippen LogP contribution in [0, 0.1) is 0 Å². The number of H-pyrrole nitrogens is 1. The molecule has 0 aliphatic carbocycles. The van der Waals surface area contributed by atoms with Gasteiger partial charge < -0.3 is 15.6 Å². The van der Waals surface area contributed by atoms with Crippen molar-refractivity contribution in [1.82, 2.24) is 4.98 Å². The SMILES string of the molecule is O=C(Nc1ccc(Br)cc1)Nc1ccc2cc[nH]c2c1. The summed E-state index contributed by atoms with van der Waals surface area (Å²) in [6, 6.07) is 14.9. The van der Waals surface area contributed by atoms with Gasteiger partial charge in [-0.25, -0.2) is 4.79 Å². The fraction of sp³-hybridized carbons (Fsp3) is 0. The lowest BCUT2D eigenvalue weighted by Crippen LogP contribution is -2.19. The molecule has 3 N–H and O–H groups in total. The van der Waals surface area contributed by atoms with Crippen molar-refractivity contribution in [2.45, 2.75) is 0 Å². The van der Waals surface area contributed by atoms with Crippen LogP contribution in [0.1, 0.15) is 0 Å². The van der Waals surface area contributed by atoms with Crippen molar-refractivity contribution < 1.29 is 4.79 Å². The van der Waals surface area contributed by atoms with Crippen LogP contribution in [0.5, 0.6) is 0 Å². The highest BCUT2D eigenvalue weighted by molar-refractivity contribution is 9.10. The largest absolute Gasteiger partial charge is 0.361 e. The first-order chi connectivity index (χ1) is 9.70. The molecular weight excluding hydrogens is 318 g/mol. The number of aromatic nitrogens is 1. The molecule has 100 valence electrons. The number of rotatable bonds is 2. The zero-order valence-electron chi connectivity index (χ0n) is 10.5. The van der Waals surface area contributed by atoms with Crippen LogP contribution < -0.4 is 10.6 Å². The molecule has 0 saturated carbocycles. The van der Waals surface area contributed by atoms with Crippen LogP contribution in [0.3, 0.4) is 0 Å². The summed E-state index contributed by atoms with van der Waals surface area (Å²) in [6.07, 6.45) is 1.87. The van der Waals surface area contributed by atoms with Crippen molar-refractivity contribution >= 4 is 44.2 Å². The smallest absolute Gasteiger partial charge is 0.323 e. The molecule has 4 nitrogen and oxygen atoms in total. The Balaban J connectivity index is 1.70. The minimum atomic E-state index is -0.266. The molecule has 0 aliphatic rings. The van der Waals surface area contributed by atoms with Crippen LogP contribution in [0.2, 0.25) is 0 Å². The first kappa shape index (κ1) is 12.7. The molecule has 0 bridgehead atoms.